The zero-order valence-corrected chi connectivity index (χ0v) is 16.0. The Hall–Kier alpha value is -1.97. The van der Waals surface area contributed by atoms with Gasteiger partial charge >= 0.3 is 0 Å². The van der Waals surface area contributed by atoms with E-state index in [-0.39, 0.29) is 16.1 Å². The van der Waals surface area contributed by atoms with Gasteiger partial charge in [-0.25, -0.2) is 18.4 Å². The molecule has 1 aromatic carbocycles. The molecule has 1 fully saturated rings. The second-order valence-corrected chi connectivity index (χ2v) is 9.16. The van der Waals surface area contributed by atoms with Gasteiger partial charge in [0, 0.05) is 31.2 Å². The fraction of sp³-hybridized carbons (Fsp3) is 0.353. The maximum absolute atomic E-state index is 12.5. The van der Waals surface area contributed by atoms with Crippen molar-refractivity contribution >= 4 is 33.4 Å². The van der Waals surface area contributed by atoms with E-state index < -0.39 is 10.0 Å². The zero-order chi connectivity index (χ0) is 18.6. The van der Waals surface area contributed by atoms with Crippen molar-refractivity contribution in [2.75, 3.05) is 18.4 Å². The van der Waals surface area contributed by atoms with Crippen molar-refractivity contribution in [3.05, 3.63) is 42.7 Å². The van der Waals surface area contributed by atoms with E-state index in [1.165, 1.54) is 28.2 Å². The summed E-state index contributed by atoms with van der Waals surface area (Å²) in [6, 6.07) is 7.99. The van der Waals surface area contributed by atoms with Crippen molar-refractivity contribution < 1.29 is 13.2 Å². The van der Waals surface area contributed by atoms with Gasteiger partial charge in [0.1, 0.15) is 0 Å². The molecule has 26 heavy (non-hydrogen) atoms. The molecule has 7 nitrogen and oxygen atoms in total. The molecule has 1 amide bonds. The van der Waals surface area contributed by atoms with E-state index in [0.717, 1.165) is 12.8 Å². The topological polar surface area (TPSA) is 92.3 Å². The van der Waals surface area contributed by atoms with Crippen LogP contribution in [0.2, 0.25) is 0 Å². The molecule has 1 N–H and O–H groups in total. The second kappa shape index (κ2) is 8.15. The summed E-state index contributed by atoms with van der Waals surface area (Å²) in [6.45, 7) is 2.90. The van der Waals surface area contributed by atoms with Crippen LogP contribution in [0.4, 0.5) is 5.69 Å². The number of anilines is 1. The molecule has 3 rings (SSSR count). The first-order valence-corrected chi connectivity index (χ1v) is 10.6. The van der Waals surface area contributed by atoms with Gasteiger partial charge < -0.3 is 5.32 Å². The number of aromatic nitrogens is 2. The number of carbonyl (C=O) groups is 1. The molecule has 1 unspecified atom stereocenters. The van der Waals surface area contributed by atoms with Crippen LogP contribution in [0.1, 0.15) is 19.8 Å². The van der Waals surface area contributed by atoms with Gasteiger partial charge in [-0.2, -0.15) is 4.31 Å². The molecule has 138 valence electrons. The molecular formula is C17H20N4O3S2. The Kier molecular flexibility index (Phi) is 5.90. The maximum atomic E-state index is 12.5. The number of thioether (sulfide) groups is 1. The van der Waals surface area contributed by atoms with Crippen LogP contribution in [0.5, 0.6) is 0 Å². The van der Waals surface area contributed by atoms with E-state index >= 15 is 0 Å². The van der Waals surface area contributed by atoms with Crippen LogP contribution < -0.4 is 5.32 Å². The van der Waals surface area contributed by atoms with Crippen LogP contribution in [-0.2, 0) is 14.8 Å². The van der Waals surface area contributed by atoms with Gasteiger partial charge in [0.15, 0.2) is 5.16 Å². The zero-order valence-electron chi connectivity index (χ0n) is 14.3. The largest absolute Gasteiger partial charge is 0.325 e. The summed E-state index contributed by atoms with van der Waals surface area (Å²) < 4.78 is 26.5. The number of hydrogen-bond donors (Lipinski definition) is 1. The quantitative estimate of drug-likeness (QED) is 0.599. The van der Waals surface area contributed by atoms with E-state index in [9.17, 15) is 13.2 Å². The second-order valence-electron chi connectivity index (χ2n) is 5.92. The number of sulfonamides is 1. The minimum atomic E-state index is -3.44. The Balaban J connectivity index is 1.62. The average Bonchev–Trinajstić information content (AvgIpc) is 3.18. The first-order chi connectivity index (χ1) is 12.5. The van der Waals surface area contributed by atoms with Gasteiger partial charge in [-0.05, 0) is 50.1 Å². The number of carbonyl (C=O) groups excluding carboxylic acids is 1. The van der Waals surface area contributed by atoms with Gasteiger partial charge in [0.2, 0.25) is 15.9 Å². The Bertz CT molecular complexity index is 851. The number of rotatable bonds is 6. The fourth-order valence-corrected chi connectivity index (χ4v) is 4.83. The van der Waals surface area contributed by atoms with Gasteiger partial charge in [0.25, 0.3) is 0 Å². The van der Waals surface area contributed by atoms with Gasteiger partial charge in [-0.1, -0.05) is 11.8 Å². The van der Waals surface area contributed by atoms with Crippen LogP contribution in [-0.4, -0.2) is 46.9 Å². The van der Waals surface area contributed by atoms with Crippen molar-refractivity contribution in [1.82, 2.24) is 14.3 Å². The summed E-state index contributed by atoms with van der Waals surface area (Å²) in [7, 11) is -3.44. The Morgan fingerprint density at radius 1 is 1.15 bits per heavy atom. The monoisotopic (exact) mass is 392 g/mol. The van der Waals surface area contributed by atoms with Crippen molar-refractivity contribution in [2.24, 2.45) is 0 Å². The molecule has 0 spiro atoms. The number of nitrogens with zero attached hydrogens (tertiary/aromatic N) is 3. The van der Waals surface area contributed by atoms with Crippen molar-refractivity contribution in [3.8, 4) is 0 Å². The number of amides is 1. The molecule has 2 aromatic rings. The predicted molar refractivity (Wildman–Crippen MR) is 100 cm³/mol. The van der Waals surface area contributed by atoms with Crippen molar-refractivity contribution in [2.45, 2.75) is 35.1 Å². The van der Waals surface area contributed by atoms with Crippen LogP contribution in [0.15, 0.2) is 52.8 Å². The Morgan fingerprint density at radius 3 is 2.38 bits per heavy atom. The Labute approximate surface area is 157 Å². The summed E-state index contributed by atoms with van der Waals surface area (Å²) in [5, 5.41) is 2.93. The van der Waals surface area contributed by atoms with Gasteiger partial charge in [0.05, 0.1) is 10.1 Å². The lowest BCUT2D eigenvalue weighted by atomic mass is 10.3. The molecule has 1 atom stereocenters. The third-order valence-electron chi connectivity index (χ3n) is 4.02. The fourth-order valence-electron chi connectivity index (χ4n) is 2.59. The highest BCUT2D eigenvalue weighted by molar-refractivity contribution is 8.00. The summed E-state index contributed by atoms with van der Waals surface area (Å²) >= 11 is 1.26. The minimum absolute atomic E-state index is 0.197. The van der Waals surface area contributed by atoms with Crippen molar-refractivity contribution in [1.29, 1.82) is 0 Å². The molecule has 1 aliphatic heterocycles. The molecule has 2 heterocycles. The lowest BCUT2D eigenvalue weighted by Crippen LogP contribution is -2.27. The lowest BCUT2D eigenvalue weighted by molar-refractivity contribution is -0.115. The number of benzene rings is 1. The first-order valence-electron chi connectivity index (χ1n) is 8.31. The van der Waals surface area contributed by atoms with Crippen LogP contribution in [0.3, 0.4) is 0 Å². The standard InChI is InChI=1S/C17H20N4O3S2/c1-13(25-17-18-9-4-10-19-17)16(22)20-14-5-7-15(8-6-14)26(23,24)21-11-2-3-12-21/h4-10,13H,2-3,11-12H2,1H3,(H,20,22). The highest BCUT2D eigenvalue weighted by Gasteiger charge is 2.27. The predicted octanol–water partition coefficient (Wildman–Crippen LogP) is 2.38. The number of hydrogen-bond acceptors (Lipinski definition) is 6. The van der Waals surface area contributed by atoms with E-state index in [1.54, 1.807) is 37.5 Å². The third-order valence-corrected chi connectivity index (χ3v) is 6.92. The van der Waals surface area contributed by atoms with E-state index in [1.807, 2.05) is 0 Å². The molecule has 0 aliphatic carbocycles. The highest BCUT2D eigenvalue weighted by atomic mass is 32.2. The highest BCUT2D eigenvalue weighted by Crippen LogP contribution is 2.23. The summed E-state index contributed by atoms with van der Waals surface area (Å²) in [6.07, 6.45) is 5.04. The summed E-state index contributed by atoms with van der Waals surface area (Å²) in [4.78, 5) is 20.7. The smallest absolute Gasteiger partial charge is 0.243 e. The molecule has 1 aromatic heterocycles. The molecule has 0 bridgehead atoms. The third kappa shape index (κ3) is 4.40. The van der Waals surface area contributed by atoms with E-state index in [0.29, 0.717) is 23.9 Å². The van der Waals surface area contributed by atoms with Gasteiger partial charge in [-0.3, -0.25) is 4.79 Å². The van der Waals surface area contributed by atoms with Crippen molar-refractivity contribution in [3.63, 3.8) is 0 Å². The van der Waals surface area contributed by atoms with E-state index in [2.05, 4.69) is 15.3 Å². The van der Waals surface area contributed by atoms with E-state index in [4.69, 9.17) is 0 Å². The number of nitrogens with one attached hydrogen (secondary N) is 1. The minimum Gasteiger partial charge on any atom is -0.325 e. The van der Waals surface area contributed by atoms with Crippen LogP contribution >= 0.6 is 11.8 Å². The maximum Gasteiger partial charge on any atom is 0.243 e. The SMILES string of the molecule is CC(Sc1ncccn1)C(=O)Nc1ccc(S(=O)(=O)N2CCCC2)cc1. The van der Waals surface area contributed by atoms with Crippen LogP contribution in [0.25, 0.3) is 0 Å². The van der Waals surface area contributed by atoms with Gasteiger partial charge in [-0.15, -0.1) is 0 Å². The molecular weight excluding hydrogens is 372 g/mol. The Morgan fingerprint density at radius 2 is 1.77 bits per heavy atom. The normalized spacial score (nSPS) is 16.3. The molecule has 0 radical (unpaired) electrons. The van der Waals surface area contributed by atoms with Crippen LogP contribution in [0, 0.1) is 0 Å². The molecule has 1 saturated heterocycles. The lowest BCUT2D eigenvalue weighted by Gasteiger charge is -2.16. The molecule has 0 saturated carbocycles. The average molecular weight is 393 g/mol. The summed E-state index contributed by atoms with van der Waals surface area (Å²) in [5.74, 6) is -0.197. The molecule has 9 heteroatoms. The molecule has 1 aliphatic rings. The summed E-state index contributed by atoms with van der Waals surface area (Å²) in [5.41, 5.74) is 0.553. The first kappa shape index (κ1) is 18.8.